The molecule has 0 unspecified atom stereocenters. The summed E-state index contributed by atoms with van der Waals surface area (Å²) in [6.07, 6.45) is 4.96. The summed E-state index contributed by atoms with van der Waals surface area (Å²) in [5.74, 6) is -1.77. The number of nitrogens with zero attached hydrogens (tertiary/aromatic N) is 4. The maximum atomic E-state index is 13.4. The molecule has 0 saturated heterocycles. The van der Waals surface area contributed by atoms with Crippen molar-refractivity contribution in [2.45, 2.75) is 0 Å². The Morgan fingerprint density at radius 1 is 1.00 bits per heavy atom. The summed E-state index contributed by atoms with van der Waals surface area (Å²) >= 11 is 0. The van der Waals surface area contributed by atoms with Crippen LogP contribution in [-0.2, 0) is 7.05 Å². The van der Waals surface area contributed by atoms with Crippen LogP contribution in [0.25, 0.3) is 22.4 Å². The van der Waals surface area contributed by atoms with Crippen LogP contribution in [0.15, 0.2) is 42.9 Å². The lowest BCUT2D eigenvalue weighted by atomic mass is 10.0. The minimum Gasteiger partial charge on any atom is -0.275 e. The lowest BCUT2D eigenvalue weighted by molar-refractivity contribution is 0.509. The standard InChI is InChI=1S/C14H10F2N4/c1-20-8-11(10-4-5-17-18-7-10)14(19-20)9-2-3-12(15)13(16)6-9/h2-8H,1H3. The van der Waals surface area contributed by atoms with Crippen LogP contribution < -0.4 is 0 Å². The number of aromatic nitrogens is 4. The number of hydrogen-bond acceptors (Lipinski definition) is 3. The number of aryl methyl sites for hydroxylation is 1. The molecule has 0 aliphatic heterocycles. The van der Waals surface area contributed by atoms with Crippen molar-refractivity contribution < 1.29 is 8.78 Å². The Morgan fingerprint density at radius 2 is 1.85 bits per heavy atom. The van der Waals surface area contributed by atoms with E-state index in [0.717, 1.165) is 23.3 Å². The zero-order valence-corrected chi connectivity index (χ0v) is 10.6. The summed E-state index contributed by atoms with van der Waals surface area (Å²) in [5, 5.41) is 11.8. The predicted octanol–water partition coefficient (Wildman–Crippen LogP) is 2.82. The van der Waals surface area contributed by atoms with Gasteiger partial charge in [0.05, 0.1) is 12.4 Å². The molecule has 4 nitrogen and oxygen atoms in total. The average molecular weight is 272 g/mol. The van der Waals surface area contributed by atoms with E-state index < -0.39 is 11.6 Å². The quantitative estimate of drug-likeness (QED) is 0.720. The normalized spacial score (nSPS) is 10.8. The van der Waals surface area contributed by atoms with Gasteiger partial charge in [-0.05, 0) is 24.3 Å². The Kier molecular flexibility index (Phi) is 2.98. The van der Waals surface area contributed by atoms with Crippen molar-refractivity contribution >= 4 is 0 Å². The smallest absolute Gasteiger partial charge is 0.159 e. The zero-order chi connectivity index (χ0) is 14.1. The molecule has 0 spiro atoms. The number of hydrogen-bond donors (Lipinski definition) is 0. The lowest BCUT2D eigenvalue weighted by Gasteiger charge is -2.02. The topological polar surface area (TPSA) is 43.6 Å². The molecule has 3 aromatic rings. The molecule has 0 aliphatic carbocycles. The highest BCUT2D eigenvalue weighted by Crippen LogP contribution is 2.30. The van der Waals surface area contributed by atoms with Crippen LogP contribution in [0, 0.1) is 11.6 Å². The predicted molar refractivity (Wildman–Crippen MR) is 69.6 cm³/mol. The van der Waals surface area contributed by atoms with Gasteiger partial charge in [0.25, 0.3) is 0 Å². The second-order valence-corrected chi connectivity index (χ2v) is 4.33. The molecular weight excluding hydrogens is 262 g/mol. The highest BCUT2D eigenvalue weighted by molar-refractivity contribution is 5.79. The first kappa shape index (κ1) is 12.4. The first-order valence-corrected chi connectivity index (χ1v) is 5.91. The molecule has 1 aromatic carbocycles. The van der Waals surface area contributed by atoms with Crippen molar-refractivity contribution in [1.29, 1.82) is 0 Å². The Balaban J connectivity index is 2.17. The fourth-order valence-corrected chi connectivity index (χ4v) is 2.01. The molecule has 0 bridgehead atoms. The zero-order valence-electron chi connectivity index (χ0n) is 10.6. The average Bonchev–Trinajstić information content (AvgIpc) is 2.85. The van der Waals surface area contributed by atoms with Gasteiger partial charge in [-0.25, -0.2) is 8.78 Å². The van der Waals surface area contributed by atoms with Gasteiger partial charge in [-0.2, -0.15) is 15.3 Å². The Bertz CT molecular complexity index is 753. The minimum atomic E-state index is -0.896. The fraction of sp³-hybridized carbons (Fsp3) is 0.0714. The molecule has 2 aromatic heterocycles. The van der Waals surface area contributed by atoms with Crippen molar-refractivity contribution in [3.63, 3.8) is 0 Å². The molecule has 0 N–H and O–H groups in total. The van der Waals surface area contributed by atoms with E-state index in [1.165, 1.54) is 6.07 Å². The number of rotatable bonds is 2. The molecule has 0 saturated carbocycles. The third kappa shape index (κ3) is 2.16. The fourth-order valence-electron chi connectivity index (χ4n) is 2.01. The lowest BCUT2D eigenvalue weighted by Crippen LogP contribution is -1.90. The molecule has 20 heavy (non-hydrogen) atoms. The second kappa shape index (κ2) is 4.80. The molecule has 0 aliphatic rings. The van der Waals surface area contributed by atoms with E-state index in [-0.39, 0.29) is 0 Å². The van der Waals surface area contributed by atoms with Gasteiger partial charge in [0.15, 0.2) is 11.6 Å². The van der Waals surface area contributed by atoms with Gasteiger partial charge < -0.3 is 0 Å². The van der Waals surface area contributed by atoms with Crippen molar-refractivity contribution in [2.24, 2.45) is 7.05 Å². The molecule has 0 atom stereocenters. The Labute approximate surface area is 113 Å². The second-order valence-electron chi connectivity index (χ2n) is 4.33. The largest absolute Gasteiger partial charge is 0.275 e. The molecule has 0 radical (unpaired) electrons. The van der Waals surface area contributed by atoms with Gasteiger partial charge in [0.1, 0.15) is 5.69 Å². The van der Waals surface area contributed by atoms with E-state index in [9.17, 15) is 8.78 Å². The highest BCUT2D eigenvalue weighted by Gasteiger charge is 2.14. The first-order valence-electron chi connectivity index (χ1n) is 5.91. The summed E-state index contributed by atoms with van der Waals surface area (Å²) in [7, 11) is 1.77. The summed E-state index contributed by atoms with van der Waals surface area (Å²) in [5.41, 5.74) is 2.68. The van der Waals surface area contributed by atoms with E-state index in [2.05, 4.69) is 15.3 Å². The summed E-state index contributed by atoms with van der Waals surface area (Å²) in [6.45, 7) is 0. The first-order chi connectivity index (χ1) is 9.65. The van der Waals surface area contributed by atoms with Gasteiger partial charge in [-0.15, -0.1) is 0 Å². The Morgan fingerprint density at radius 3 is 2.55 bits per heavy atom. The Hall–Kier alpha value is -2.63. The molecule has 6 heteroatoms. The molecule has 0 amide bonds. The van der Waals surface area contributed by atoms with Gasteiger partial charge in [0.2, 0.25) is 0 Å². The van der Waals surface area contributed by atoms with Crippen LogP contribution >= 0.6 is 0 Å². The summed E-state index contributed by atoms with van der Waals surface area (Å²) in [6, 6.07) is 5.51. The maximum Gasteiger partial charge on any atom is 0.159 e. The van der Waals surface area contributed by atoms with E-state index in [4.69, 9.17) is 0 Å². The monoisotopic (exact) mass is 272 g/mol. The number of benzene rings is 1. The van der Waals surface area contributed by atoms with E-state index in [0.29, 0.717) is 11.3 Å². The van der Waals surface area contributed by atoms with Gasteiger partial charge in [-0.3, -0.25) is 4.68 Å². The van der Waals surface area contributed by atoms with Crippen LogP contribution in [0.3, 0.4) is 0 Å². The van der Waals surface area contributed by atoms with Crippen molar-refractivity contribution in [3.05, 3.63) is 54.5 Å². The maximum absolute atomic E-state index is 13.4. The van der Waals surface area contributed by atoms with Crippen LogP contribution in [-0.4, -0.2) is 20.0 Å². The van der Waals surface area contributed by atoms with E-state index >= 15 is 0 Å². The SMILES string of the molecule is Cn1cc(-c2ccnnc2)c(-c2ccc(F)c(F)c2)n1. The van der Waals surface area contributed by atoms with Crippen LogP contribution in [0.4, 0.5) is 8.78 Å². The molecule has 3 rings (SSSR count). The summed E-state index contributed by atoms with van der Waals surface area (Å²) in [4.78, 5) is 0. The van der Waals surface area contributed by atoms with Crippen molar-refractivity contribution in [1.82, 2.24) is 20.0 Å². The van der Waals surface area contributed by atoms with E-state index in [1.54, 1.807) is 36.4 Å². The van der Waals surface area contributed by atoms with Crippen LogP contribution in [0.1, 0.15) is 0 Å². The third-order valence-corrected chi connectivity index (χ3v) is 2.92. The van der Waals surface area contributed by atoms with Gasteiger partial charge in [0, 0.05) is 29.9 Å². The van der Waals surface area contributed by atoms with Gasteiger partial charge in [-0.1, -0.05) is 0 Å². The molecule has 2 heterocycles. The van der Waals surface area contributed by atoms with Crippen LogP contribution in [0.5, 0.6) is 0 Å². The van der Waals surface area contributed by atoms with E-state index in [1.807, 2.05) is 0 Å². The molecule has 0 fully saturated rings. The van der Waals surface area contributed by atoms with Gasteiger partial charge >= 0.3 is 0 Å². The number of halogens is 2. The minimum absolute atomic E-state index is 0.510. The van der Waals surface area contributed by atoms with Crippen molar-refractivity contribution in [2.75, 3.05) is 0 Å². The summed E-state index contributed by atoms with van der Waals surface area (Å²) < 4.78 is 28.0. The third-order valence-electron chi connectivity index (χ3n) is 2.92. The van der Waals surface area contributed by atoms with Crippen molar-refractivity contribution in [3.8, 4) is 22.4 Å². The molecule has 100 valence electrons. The van der Waals surface area contributed by atoms with Crippen LogP contribution in [0.2, 0.25) is 0 Å². The molecular formula is C14H10F2N4. The highest BCUT2D eigenvalue weighted by atomic mass is 19.2.